The van der Waals surface area contributed by atoms with Crippen LogP contribution < -0.4 is 10.8 Å². The summed E-state index contributed by atoms with van der Waals surface area (Å²) in [7, 11) is 0. The molecule has 0 aliphatic carbocycles. The Bertz CT molecular complexity index is 92.2. The first-order valence-corrected chi connectivity index (χ1v) is 4.09. The Morgan fingerprint density at radius 3 is 3.10 bits per heavy atom. The lowest BCUT2D eigenvalue weighted by Crippen LogP contribution is -2.52. The largest absolute Gasteiger partial charge is 0.311 e. The van der Waals surface area contributed by atoms with Crippen molar-refractivity contribution in [1.82, 2.24) is 10.8 Å². The summed E-state index contributed by atoms with van der Waals surface area (Å²) in [6.07, 6.45) is 4.11. The van der Waals surface area contributed by atoms with Crippen molar-refractivity contribution < 1.29 is 4.84 Å². The van der Waals surface area contributed by atoms with Crippen molar-refractivity contribution in [2.75, 3.05) is 13.1 Å². The van der Waals surface area contributed by atoms with E-state index in [1.165, 1.54) is 25.8 Å². The van der Waals surface area contributed by atoms with Gasteiger partial charge in [-0.2, -0.15) is 0 Å². The fourth-order valence-electron chi connectivity index (χ4n) is 1.73. The Hall–Kier alpha value is -0.120. The molecule has 3 heteroatoms. The van der Waals surface area contributed by atoms with Crippen molar-refractivity contribution in [3.05, 3.63) is 0 Å². The molecular formula is C7H14N2O. The van der Waals surface area contributed by atoms with Crippen LogP contribution in [0.25, 0.3) is 0 Å². The van der Waals surface area contributed by atoms with Crippen LogP contribution in [0.4, 0.5) is 0 Å². The monoisotopic (exact) mass is 142 g/mol. The highest BCUT2D eigenvalue weighted by Gasteiger charge is 2.27. The Kier molecular flexibility index (Phi) is 1.88. The molecule has 0 aromatic heterocycles. The summed E-state index contributed by atoms with van der Waals surface area (Å²) in [5.74, 6) is 0. The summed E-state index contributed by atoms with van der Waals surface area (Å²) < 4.78 is 0. The van der Waals surface area contributed by atoms with E-state index in [4.69, 9.17) is 4.84 Å². The quantitative estimate of drug-likeness (QED) is 0.500. The van der Waals surface area contributed by atoms with Gasteiger partial charge in [0.25, 0.3) is 0 Å². The lowest BCUT2D eigenvalue weighted by Gasteiger charge is -2.35. The predicted molar refractivity (Wildman–Crippen MR) is 38.5 cm³/mol. The molecule has 2 fully saturated rings. The summed E-state index contributed by atoms with van der Waals surface area (Å²) >= 11 is 0. The van der Waals surface area contributed by atoms with E-state index in [0.717, 1.165) is 6.54 Å². The second-order valence-corrected chi connectivity index (χ2v) is 3.04. The second-order valence-electron chi connectivity index (χ2n) is 3.04. The van der Waals surface area contributed by atoms with Crippen LogP contribution in [0.3, 0.4) is 0 Å². The first-order chi connectivity index (χ1) is 4.97. The molecule has 2 heterocycles. The minimum absolute atomic E-state index is 0.433. The maximum atomic E-state index is 5.37. The third-order valence-electron chi connectivity index (χ3n) is 2.31. The Labute approximate surface area is 61.1 Å². The van der Waals surface area contributed by atoms with Gasteiger partial charge < -0.3 is 5.32 Å². The second kappa shape index (κ2) is 2.86. The van der Waals surface area contributed by atoms with Crippen LogP contribution in [0.1, 0.15) is 19.3 Å². The standard InChI is InChI=1S/C7H14N2O/c1-2-7-6(8-4-1)3-5-9-10-7/h6-9H,1-5H2. The molecule has 0 saturated carbocycles. The first-order valence-electron chi connectivity index (χ1n) is 4.09. The number of fused-ring (bicyclic) bond motifs is 1. The van der Waals surface area contributed by atoms with E-state index in [9.17, 15) is 0 Å². The van der Waals surface area contributed by atoms with Crippen molar-refractivity contribution in [1.29, 1.82) is 0 Å². The summed E-state index contributed by atoms with van der Waals surface area (Å²) in [6, 6.07) is 0.620. The maximum absolute atomic E-state index is 5.37. The van der Waals surface area contributed by atoms with Gasteiger partial charge in [-0.05, 0) is 25.8 Å². The van der Waals surface area contributed by atoms with E-state index in [-0.39, 0.29) is 0 Å². The number of hydrogen-bond acceptors (Lipinski definition) is 3. The van der Waals surface area contributed by atoms with Gasteiger partial charge in [-0.1, -0.05) is 0 Å². The van der Waals surface area contributed by atoms with Gasteiger partial charge >= 0.3 is 0 Å². The van der Waals surface area contributed by atoms with Crippen LogP contribution in [0.5, 0.6) is 0 Å². The van der Waals surface area contributed by atoms with Gasteiger partial charge in [0.2, 0.25) is 0 Å². The average molecular weight is 142 g/mol. The zero-order valence-electron chi connectivity index (χ0n) is 6.10. The smallest absolute Gasteiger partial charge is 0.0943 e. The van der Waals surface area contributed by atoms with E-state index in [0.29, 0.717) is 12.1 Å². The summed E-state index contributed by atoms with van der Waals surface area (Å²) in [4.78, 5) is 5.37. The van der Waals surface area contributed by atoms with Gasteiger partial charge in [0, 0.05) is 12.6 Å². The van der Waals surface area contributed by atoms with E-state index in [1.807, 2.05) is 0 Å². The normalized spacial score (nSPS) is 40.8. The SMILES string of the molecule is C1CNC2CCNOC2C1. The van der Waals surface area contributed by atoms with E-state index in [2.05, 4.69) is 10.8 Å². The topological polar surface area (TPSA) is 33.3 Å². The van der Waals surface area contributed by atoms with Crippen LogP contribution in [0.15, 0.2) is 0 Å². The van der Waals surface area contributed by atoms with Crippen LogP contribution in [-0.4, -0.2) is 25.2 Å². The Morgan fingerprint density at radius 2 is 2.20 bits per heavy atom. The van der Waals surface area contributed by atoms with Gasteiger partial charge in [0.15, 0.2) is 0 Å². The summed E-state index contributed by atoms with van der Waals surface area (Å²) in [6.45, 7) is 2.17. The minimum Gasteiger partial charge on any atom is -0.311 e. The number of rotatable bonds is 0. The van der Waals surface area contributed by atoms with E-state index in [1.54, 1.807) is 0 Å². The molecular weight excluding hydrogens is 128 g/mol. The van der Waals surface area contributed by atoms with Crippen LogP contribution in [0, 0.1) is 0 Å². The van der Waals surface area contributed by atoms with Crippen LogP contribution in [0.2, 0.25) is 0 Å². The third kappa shape index (κ3) is 1.17. The van der Waals surface area contributed by atoms with E-state index >= 15 is 0 Å². The Balaban J connectivity index is 1.93. The van der Waals surface area contributed by atoms with Crippen molar-refractivity contribution in [2.45, 2.75) is 31.4 Å². The molecule has 58 valence electrons. The van der Waals surface area contributed by atoms with E-state index < -0.39 is 0 Å². The molecule has 2 saturated heterocycles. The fraction of sp³-hybridized carbons (Fsp3) is 1.00. The average Bonchev–Trinajstić information content (AvgIpc) is 2.05. The third-order valence-corrected chi connectivity index (χ3v) is 2.31. The van der Waals surface area contributed by atoms with Gasteiger partial charge in [-0.15, -0.1) is 0 Å². The zero-order chi connectivity index (χ0) is 6.81. The molecule has 2 atom stereocenters. The van der Waals surface area contributed by atoms with Gasteiger partial charge in [-0.25, -0.2) is 5.48 Å². The first kappa shape index (κ1) is 6.58. The number of hydrogen-bond donors (Lipinski definition) is 2. The van der Waals surface area contributed by atoms with Crippen LogP contribution in [-0.2, 0) is 4.84 Å². The van der Waals surface area contributed by atoms with Crippen molar-refractivity contribution >= 4 is 0 Å². The predicted octanol–water partition coefficient (Wildman–Crippen LogP) is 0.0319. The number of nitrogens with one attached hydrogen (secondary N) is 2. The molecule has 0 amide bonds. The molecule has 2 unspecified atom stereocenters. The van der Waals surface area contributed by atoms with Crippen molar-refractivity contribution in [3.8, 4) is 0 Å². The highest BCUT2D eigenvalue weighted by Crippen LogP contribution is 2.16. The lowest BCUT2D eigenvalue weighted by molar-refractivity contribution is -0.0857. The highest BCUT2D eigenvalue weighted by atomic mass is 16.7. The zero-order valence-corrected chi connectivity index (χ0v) is 6.10. The van der Waals surface area contributed by atoms with Crippen molar-refractivity contribution in [3.63, 3.8) is 0 Å². The number of piperidine rings is 1. The molecule has 0 aromatic carbocycles. The summed E-state index contributed by atoms with van der Waals surface area (Å²) in [5.41, 5.74) is 2.94. The summed E-state index contributed by atoms with van der Waals surface area (Å²) in [5, 5.41) is 3.46. The Morgan fingerprint density at radius 1 is 1.20 bits per heavy atom. The lowest BCUT2D eigenvalue weighted by atomic mass is 9.98. The fourth-order valence-corrected chi connectivity index (χ4v) is 1.73. The molecule has 10 heavy (non-hydrogen) atoms. The molecule has 3 nitrogen and oxygen atoms in total. The van der Waals surface area contributed by atoms with Crippen LogP contribution >= 0.6 is 0 Å². The van der Waals surface area contributed by atoms with Crippen molar-refractivity contribution in [2.24, 2.45) is 0 Å². The molecule has 2 rings (SSSR count). The van der Waals surface area contributed by atoms with Gasteiger partial charge in [-0.3, -0.25) is 4.84 Å². The molecule has 0 spiro atoms. The molecule has 0 bridgehead atoms. The number of hydroxylamine groups is 1. The molecule has 2 N–H and O–H groups in total. The molecule has 0 radical (unpaired) electrons. The van der Waals surface area contributed by atoms with Gasteiger partial charge in [0.1, 0.15) is 0 Å². The maximum Gasteiger partial charge on any atom is 0.0943 e. The highest BCUT2D eigenvalue weighted by molar-refractivity contribution is 4.83. The molecule has 0 aromatic rings. The molecule has 2 aliphatic heterocycles. The molecule has 2 aliphatic rings. The van der Waals surface area contributed by atoms with Gasteiger partial charge in [0.05, 0.1) is 6.10 Å². The minimum atomic E-state index is 0.433.